The molecule has 12 heavy (non-hydrogen) atoms. The van der Waals surface area contributed by atoms with E-state index in [1.807, 2.05) is 19.1 Å². The lowest BCUT2D eigenvalue weighted by Crippen LogP contribution is -2.19. The van der Waals surface area contributed by atoms with E-state index in [-0.39, 0.29) is 5.75 Å². The van der Waals surface area contributed by atoms with Crippen LogP contribution in [0.1, 0.15) is 9.75 Å². The fourth-order valence-electron chi connectivity index (χ4n) is 0.822. The molecular weight excluding hydrogens is 194 g/mol. The number of nitrogens with one attached hydrogen (secondary N) is 1. The summed E-state index contributed by atoms with van der Waals surface area (Å²) in [4.78, 5) is 2.01. The summed E-state index contributed by atoms with van der Waals surface area (Å²) in [6.07, 6.45) is 0. The van der Waals surface area contributed by atoms with E-state index >= 15 is 0 Å². The zero-order valence-electron chi connectivity index (χ0n) is 6.99. The van der Waals surface area contributed by atoms with Crippen molar-refractivity contribution in [3.8, 4) is 0 Å². The number of thiophene rings is 1. The molecule has 1 heterocycles. The lowest BCUT2D eigenvalue weighted by molar-refractivity contribution is 0.588. The summed E-state index contributed by atoms with van der Waals surface area (Å²) in [5.74, 6) is 0.0853. The third-order valence-corrected chi connectivity index (χ3v) is 3.94. The molecule has 68 valence electrons. The van der Waals surface area contributed by atoms with E-state index in [4.69, 9.17) is 0 Å². The van der Waals surface area contributed by atoms with Crippen LogP contribution in [-0.4, -0.2) is 15.5 Å². The molecule has 0 amide bonds. The minimum Gasteiger partial charge on any atom is -0.218 e. The van der Waals surface area contributed by atoms with Crippen LogP contribution in [0.25, 0.3) is 0 Å². The summed E-state index contributed by atoms with van der Waals surface area (Å²) < 4.78 is 24.4. The van der Waals surface area contributed by atoms with Gasteiger partial charge in [0.25, 0.3) is 0 Å². The van der Waals surface area contributed by atoms with Gasteiger partial charge in [-0.15, -0.1) is 11.3 Å². The Kier molecular flexibility index (Phi) is 2.87. The smallest absolute Gasteiger partial charge is 0.216 e. The van der Waals surface area contributed by atoms with Gasteiger partial charge in [-0.3, -0.25) is 0 Å². The molecule has 0 spiro atoms. The highest BCUT2D eigenvalue weighted by molar-refractivity contribution is 7.88. The average Bonchev–Trinajstić information content (AvgIpc) is 2.35. The minimum atomic E-state index is -3.10. The minimum absolute atomic E-state index is 0.0853. The molecule has 0 atom stereocenters. The average molecular weight is 205 g/mol. The van der Waals surface area contributed by atoms with Gasteiger partial charge in [-0.05, 0) is 26.1 Å². The SMILES string of the molecule is CNS(=O)(=O)Cc1ccc(C)s1. The van der Waals surface area contributed by atoms with Gasteiger partial charge in [0.05, 0.1) is 5.75 Å². The Hall–Kier alpha value is -0.390. The Labute approximate surface area is 76.5 Å². The van der Waals surface area contributed by atoms with Crippen LogP contribution in [-0.2, 0) is 15.8 Å². The third-order valence-electron chi connectivity index (χ3n) is 1.44. The fourth-order valence-corrected chi connectivity index (χ4v) is 2.82. The van der Waals surface area contributed by atoms with Gasteiger partial charge in [0.1, 0.15) is 0 Å². The first-order valence-corrected chi connectivity index (χ1v) is 5.97. The van der Waals surface area contributed by atoms with Crippen molar-refractivity contribution in [2.75, 3.05) is 7.05 Å². The summed E-state index contributed by atoms with van der Waals surface area (Å²) in [5.41, 5.74) is 0. The highest BCUT2D eigenvalue weighted by atomic mass is 32.2. The van der Waals surface area contributed by atoms with Crippen molar-refractivity contribution in [1.29, 1.82) is 0 Å². The van der Waals surface area contributed by atoms with Crippen LogP contribution in [0.3, 0.4) is 0 Å². The molecular formula is C7H11NO2S2. The van der Waals surface area contributed by atoms with Crippen LogP contribution in [0.2, 0.25) is 0 Å². The number of rotatable bonds is 3. The van der Waals surface area contributed by atoms with Crippen molar-refractivity contribution < 1.29 is 8.42 Å². The maximum absolute atomic E-state index is 11.1. The number of sulfonamides is 1. The molecule has 0 saturated heterocycles. The number of aryl methyl sites for hydroxylation is 1. The second-order valence-electron chi connectivity index (χ2n) is 2.48. The van der Waals surface area contributed by atoms with Gasteiger partial charge >= 0.3 is 0 Å². The van der Waals surface area contributed by atoms with Gasteiger partial charge in [0, 0.05) is 9.75 Å². The molecule has 5 heteroatoms. The van der Waals surface area contributed by atoms with Gasteiger partial charge in [-0.1, -0.05) is 0 Å². The summed E-state index contributed by atoms with van der Waals surface area (Å²) >= 11 is 1.51. The number of hydrogen-bond acceptors (Lipinski definition) is 3. The summed E-state index contributed by atoms with van der Waals surface area (Å²) in [7, 11) is -1.67. The van der Waals surface area contributed by atoms with Crippen molar-refractivity contribution in [3.05, 3.63) is 21.9 Å². The third kappa shape index (κ3) is 2.58. The molecule has 0 fully saturated rings. The van der Waals surface area contributed by atoms with Crippen LogP contribution >= 0.6 is 11.3 Å². The predicted molar refractivity (Wildman–Crippen MR) is 50.7 cm³/mol. The zero-order valence-corrected chi connectivity index (χ0v) is 8.63. The predicted octanol–water partition coefficient (Wildman–Crippen LogP) is 1.11. The molecule has 1 N–H and O–H groups in total. The lowest BCUT2D eigenvalue weighted by Gasteiger charge is -1.97. The molecule has 0 aromatic carbocycles. The van der Waals surface area contributed by atoms with Gasteiger partial charge in [-0.25, -0.2) is 13.1 Å². The van der Waals surface area contributed by atoms with E-state index in [2.05, 4.69) is 4.72 Å². The molecule has 1 aromatic heterocycles. The Balaban J connectivity index is 2.77. The molecule has 0 bridgehead atoms. The van der Waals surface area contributed by atoms with E-state index in [1.54, 1.807) is 0 Å². The monoisotopic (exact) mass is 205 g/mol. The van der Waals surface area contributed by atoms with Crippen LogP contribution in [0.15, 0.2) is 12.1 Å². The summed E-state index contributed by atoms with van der Waals surface area (Å²) in [5, 5.41) is 0. The van der Waals surface area contributed by atoms with Crippen molar-refractivity contribution >= 4 is 21.4 Å². The summed E-state index contributed by atoms with van der Waals surface area (Å²) in [6, 6.07) is 3.76. The quantitative estimate of drug-likeness (QED) is 0.803. The lowest BCUT2D eigenvalue weighted by atomic mass is 10.5. The van der Waals surface area contributed by atoms with Crippen molar-refractivity contribution in [2.45, 2.75) is 12.7 Å². The Bertz CT molecular complexity index is 353. The van der Waals surface area contributed by atoms with Gasteiger partial charge in [0.15, 0.2) is 0 Å². The maximum Gasteiger partial charge on any atom is 0.216 e. The highest BCUT2D eigenvalue weighted by Crippen LogP contribution is 2.16. The van der Waals surface area contributed by atoms with Gasteiger partial charge < -0.3 is 0 Å². The molecule has 1 aromatic rings. The van der Waals surface area contributed by atoms with Crippen molar-refractivity contribution in [1.82, 2.24) is 4.72 Å². The number of hydrogen-bond donors (Lipinski definition) is 1. The van der Waals surface area contributed by atoms with Crippen LogP contribution in [0.4, 0.5) is 0 Å². The molecule has 0 unspecified atom stereocenters. The van der Waals surface area contributed by atoms with Crippen LogP contribution in [0, 0.1) is 6.92 Å². The van der Waals surface area contributed by atoms with Crippen LogP contribution in [0.5, 0.6) is 0 Å². The van der Waals surface area contributed by atoms with E-state index in [0.29, 0.717) is 0 Å². The molecule has 0 aliphatic carbocycles. The standard InChI is InChI=1S/C7H11NO2S2/c1-6-3-4-7(11-6)5-12(9,10)8-2/h3-4,8H,5H2,1-2H3. The van der Waals surface area contributed by atoms with Crippen LogP contribution < -0.4 is 4.72 Å². The highest BCUT2D eigenvalue weighted by Gasteiger charge is 2.09. The van der Waals surface area contributed by atoms with E-state index in [9.17, 15) is 8.42 Å². The van der Waals surface area contributed by atoms with Crippen molar-refractivity contribution in [2.24, 2.45) is 0 Å². The topological polar surface area (TPSA) is 46.2 Å². The molecule has 3 nitrogen and oxygen atoms in total. The first kappa shape index (κ1) is 9.70. The maximum atomic E-state index is 11.1. The first-order chi connectivity index (χ1) is 5.53. The fraction of sp³-hybridized carbons (Fsp3) is 0.429. The largest absolute Gasteiger partial charge is 0.218 e. The second kappa shape index (κ2) is 3.55. The second-order valence-corrected chi connectivity index (χ2v) is 5.77. The van der Waals surface area contributed by atoms with Gasteiger partial charge in [0.2, 0.25) is 10.0 Å². The molecule has 0 saturated carbocycles. The normalized spacial score (nSPS) is 11.8. The zero-order chi connectivity index (χ0) is 9.19. The Morgan fingerprint density at radius 1 is 1.50 bits per heavy atom. The van der Waals surface area contributed by atoms with Gasteiger partial charge in [-0.2, -0.15) is 0 Å². The Morgan fingerprint density at radius 3 is 2.58 bits per heavy atom. The molecule has 0 radical (unpaired) electrons. The molecule has 0 aliphatic heterocycles. The molecule has 0 aliphatic rings. The Morgan fingerprint density at radius 2 is 2.17 bits per heavy atom. The van der Waals surface area contributed by atoms with Crippen molar-refractivity contribution in [3.63, 3.8) is 0 Å². The molecule has 1 rings (SSSR count). The first-order valence-electron chi connectivity index (χ1n) is 3.50. The van der Waals surface area contributed by atoms with E-state index in [1.165, 1.54) is 18.4 Å². The van der Waals surface area contributed by atoms with E-state index < -0.39 is 10.0 Å². The summed E-state index contributed by atoms with van der Waals surface area (Å²) in [6.45, 7) is 1.96. The van der Waals surface area contributed by atoms with E-state index in [0.717, 1.165) is 9.75 Å².